The van der Waals surface area contributed by atoms with Gasteiger partial charge in [0, 0.05) is 32.5 Å². The lowest BCUT2D eigenvalue weighted by atomic mass is 9.98. The number of benzene rings is 2. The Morgan fingerprint density at radius 1 is 1.09 bits per heavy atom. The van der Waals surface area contributed by atoms with E-state index in [1.54, 1.807) is 28.1 Å². The summed E-state index contributed by atoms with van der Waals surface area (Å²) in [4.78, 5) is 56.9. The molecular formula is C30H34N8O5S. The third kappa shape index (κ3) is 7.21. The van der Waals surface area contributed by atoms with Crippen LogP contribution in [-0.4, -0.2) is 97.3 Å². The summed E-state index contributed by atoms with van der Waals surface area (Å²) in [7, 11) is 0. The quantitative estimate of drug-likeness (QED) is 0.277. The van der Waals surface area contributed by atoms with Crippen LogP contribution in [0.1, 0.15) is 24.0 Å². The van der Waals surface area contributed by atoms with Gasteiger partial charge in [0.1, 0.15) is 23.5 Å². The first kappa shape index (κ1) is 30.6. The average Bonchev–Trinajstić information content (AvgIpc) is 3.52. The zero-order chi connectivity index (χ0) is 31.1. The number of nitrogens with zero attached hydrogens (tertiary/aromatic N) is 6. The fourth-order valence-electron chi connectivity index (χ4n) is 5.45. The van der Waals surface area contributed by atoms with Crippen LogP contribution >= 0.6 is 11.3 Å². The molecule has 2 aliphatic heterocycles. The van der Waals surface area contributed by atoms with Gasteiger partial charge in [0.2, 0.25) is 22.9 Å². The molecule has 2 aliphatic rings. The van der Waals surface area contributed by atoms with E-state index in [1.807, 2.05) is 30.3 Å². The Morgan fingerprint density at radius 2 is 1.86 bits per heavy atom. The molecule has 1 aromatic heterocycles. The third-order valence-corrected chi connectivity index (χ3v) is 8.07. The number of hydrogen-bond acceptors (Lipinski definition) is 9. The Kier molecular flexibility index (Phi) is 9.82. The molecule has 2 atom stereocenters. The topological polar surface area (TPSA) is 151 Å². The van der Waals surface area contributed by atoms with Crippen molar-refractivity contribution in [3.63, 3.8) is 0 Å². The highest BCUT2D eigenvalue weighted by Crippen LogP contribution is 2.29. The van der Waals surface area contributed by atoms with Crippen molar-refractivity contribution in [2.75, 3.05) is 31.5 Å². The second kappa shape index (κ2) is 14.1. The maximum absolute atomic E-state index is 13.9. The number of phenolic OH excluding ortho intramolecular Hbond substituents is 1. The van der Waals surface area contributed by atoms with E-state index >= 15 is 0 Å². The second-order valence-corrected chi connectivity index (χ2v) is 11.3. The molecule has 5 amide bonds. The van der Waals surface area contributed by atoms with Crippen molar-refractivity contribution >= 4 is 40.2 Å². The molecular weight excluding hydrogens is 584 g/mol. The summed E-state index contributed by atoms with van der Waals surface area (Å²) < 4.78 is 0. The number of piperazine rings is 1. The van der Waals surface area contributed by atoms with Gasteiger partial charge in [0.15, 0.2) is 0 Å². The molecule has 13 nitrogen and oxygen atoms in total. The number of hydrazine groups is 1. The minimum Gasteiger partial charge on any atom is -0.508 e. The van der Waals surface area contributed by atoms with Crippen LogP contribution < -0.4 is 10.6 Å². The van der Waals surface area contributed by atoms with Gasteiger partial charge in [-0.15, -0.1) is 16.8 Å². The van der Waals surface area contributed by atoms with Crippen molar-refractivity contribution in [2.45, 2.75) is 38.0 Å². The Hall–Kier alpha value is -4.82. The monoisotopic (exact) mass is 618 g/mol. The predicted molar refractivity (Wildman–Crippen MR) is 163 cm³/mol. The van der Waals surface area contributed by atoms with Crippen molar-refractivity contribution in [3.05, 3.63) is 83.9 Å². The molecule has 0 saturated carbocycles. The van der Waals surface area contributed by atoms with E-state index in [0.29, 0.717) is 11.6 Å². The summed E-state index contributed by atoms with van der Waals surface area (Å²) in [6.07, 6.45) is 1.53. The summed E-state index contributed by atoms with van der Waals surface area (Å²) in [6, 6.07) is 14.7. The third-order valence-electron chi connectivity index (χ3n) is 7.47. The first-order valence-electron chi connectivity index (χ1n) is 14.2. The van der Waals surface area contributed by atoms with Gasteiger partial charge in [0.25, 0.3) is 0 Å². The molecule has 5 rings (SSSR count). The maximum atomic E-state index is 13.9. The van der Waals surface area contributed by atoms with Crippen molar-refractivity contribution in [2.24, 2.45) is 0 Å². The van der Waals surface area contributed by atoms with Gasteiger partial charge in [-0.1, -0.05) is 59.9 Å². The van der Waals surface area contributed by atoms with E-state index in [0.717, 1.165) is 11.1 Å². The molecule has 14 heteroatoms. The van der Waals surface area contributed by atoms with Gasteiger partial charge in [-0.2, -0.15) is 0 Å². The Balaban J connectivity index is 1.39. The van der Waals surface area contributed by atoms with Crippen LogP contribution in [0.4, 0.5) is 9.93 Å². The Labute approximate surface area is 258 Å². The number of phenols is 1. The highest BCUT2D eigenvalue weighted by molar-refractivity contribution is 7.13. The molecule has 2 aromatic carbocycles. The summed E-state index contributed by atoms with van der Waals surface area (Å²) in [5.74, 6) is -0.711. The smallest absolute Gasteiger partial charge is 0.334 e. The van der Waals surface area contributed by atoms with Gasteiger partial charge in [-0.25, -0.2) is 14.8 Å². The fraction of sp³-hybridized carbons (Fsp3) is 0.333. The van der Waals surface area contributed by atoms with E-state index in [-0.39, 0.29) is 69.0 Å². The van der Waals surface area contributed by atoms with Crippen LogP contribution in [0.15, 0.2) is 72.8 Å². The van der Waals surface area contributed by atoms with Crippen molar-refractivity contribution in [3.8, 4) is 5.75 Å². The second-order valence-electron chi connectivity index (χ2n) is 10.5. The minimum absolute atomic E-state index is 0.0705. The number of aromatic hydroxyl groups is 1. The van der Waals surface area contributed by atoms with Gasteiger partial charge in [-0.05, 0) is 29.7 Å². The summed E-state index contributed by atoms with van der Waals surface area (Å²) in [6.45, 7) is 4.54. The number of hydrogen-bond donors (Lipinski definition) is 3. The first-order valence-corrected chi connectivity index (χ1v) is 15.1. The van der Waals surface area contributed by atoms with Crippen LogP contribution in [0.2, 0.25) is 0 Å². The van der Waals surface area contributed by atoms with Crippen LogP contribution in [0, 0.1) is 0 Å². The molecule has 2 fully saturated rings. The SMILES string of the molecule is C=CCN1CC(=O)N2C(CN(CCCC(=O)Nc3nncs3)C(=O)[C@@H]2Cc2ccc(O)cc2)N1C(=O)NCc1ccccc1. The van der Waals surface area contributed by atoms with Crippen molar-refractivity contribution < 1.29 is 24.3 Å². The van der Waals surface area contributed by atoms with E-state index in [4.69, 9.17) is 0 Å². The Bertz CT molecular complexity index is 1470. The molecule has 44 heavy (non-hydrogen) atoms. The Morgan fingerprint density at radius 3 is 2.57 bits per heavy atom. The predicted octanol–water partition coefficient (Wildman–Crippen LogP) is 2.20. The highest BCUT2D eigenvalue weighted by atomic mass is 32.1. The summed E-state index contributed by atoms with van der Waals surface area (Å²) >= 11 is 1.21. The molecule has 0 aliphatic carbocycles. The van der Waals surface area contributed by atoms with Crippen LogP contribution in [0.5, 0.6) is 5.75 Å². The molecule has 0 radical (unpaired) electrons. The van der Waals surface area contributed by atoms with Crippen molar-refractivity contribution in [1.29, 1.82) is 0 Å². The molecule has 2 saturated heterocycles. The van der Waals surface area contributed by atoms with Crippen molar-refractivity contribution in [1.82, 2.24) is 35.3 Å². The molecule has 1 unspecified atom stereocenters. The number of aromatic nitrogens is 2. The summed E-state index contributed by atoms with van der Waals surface area (Å²) in [5.41, 5.74) is 3.18. The zero-order valence-electron chi connectivity index (χ0n) is 24.0. The maximum Gasteiger partial charge on any atom is 0.334 e. The number of nitrogens with one attached hydrogen (secondary N) is 2. The van der Waals surface area contributed by atoms with E-state index in [1.165, 1.54) is 38.9 Å². The van der Waals surface area contributed by atoms with E-state index in [9.17, 15) is 24.3 Å². The number of carbonyl (C=O) groups is 4. The van der Waals surface area contributed by atoms with Crippen LogP contribution in [0.3, 0.4) is 0 Å². The largest absolute Gasteiger partial charge is 0.508 e. The van der Waals surface area contributed by atoms with E-state index < -0.39 is 18.2 Å². The lowest BCUT2D eigenvalue weighted by molar-refractivity contribution is -0.189. The zero-order valence-corrected chi connectivity index (χ0v) is 24.9. The fourth-order valence-corrected chi connectivity index (χ4v) is 5.91. The van der Waals surface area contributed by atoms with Crippen LogP contribution in [-0.2, 0) is 27.3 Å². The van der Waals surface area contributed by atoms with E-state index in [2.05, 4.69) is 27.4 Å². The number of fused-ring (bicyclic) bond motifs is 1. The lowest BCUT2D eigenvalue weighted by Crippen LogP contribution is -2.76. The van der Waals surface area contributed by atoms with Gasteiger partial charge < -0.3 is 25.5 Å². The normalized spacial score (nSPS) is 18.6. The number of carbonyl (C=O) groups excluding carboxylic acids is 4. The molecule has 0 spiro atoms. The molecule has 3 aromatic rings. The van der Waals surface area contributed by atoms with Gasteiger partial charge in [-0.3, -0.25) is 14.4 Å². The number of anilines is 1. The minimum atomic E-state index is -0.892. The van der Waals surface area contributed by atoms with Gasteiger partial charge >= 0.3 is 6.03 Å². The average molecular weight is 619 g/mol. The first-order chi connectivity index (χ1) is 21.3. The number of urea groups is 1. The number of rotatable bonds is 11. The number of amides is 5. The van der Waals surface area contributed by atoms with Gasteiger partial charge in [0.05, 0.1) is 13.1 Å². The molecule has 3 heterocycles. The molecule has 230 valence electrons. The molecule has 3 N–H and O–H groups in total. The summed E-state index contributed by atoms with van der Waals surface area (Å²) in [5, 5.41) is 26.5. The lowest BCUT2D eigenvalue weighted by Gasteiger charge is -2.55. The standard InChI is InChI=1S/C30H34N8O5S/c1-2-14-36-19-27(41)37-24(16-21-10-12-23(39)13-11-21)28(42)35(15-6-9-25(40)33-29-34-32-20-44-29)18-26(37)38(36)30(43)31-17-22-7-4-3-5-8-22/h2-5,7-8,10-13,20,24,26,39H,1,6,9,14-19H2,(H,31,43)(H,33,34,40)/t24-,26?/m0/s1. The highest BCUT2D eigenvalue weighted by Gasteiger charge is 2.51. The van der Waals surface area contributed by atoms with Crippen LogP contribution in [0.25, 0.3) is 0 Å². The molecule has 0 bridgehead atoms.